The second kappa shape index (κ2) is 5.30. The number of pyridine rings is 1. The van der Waals surface area contributed by atoms with Gasteiger partial charge in [-0.2, -0.15) is 0 Å². The van der Waals surface area contributed by atoms with Crippen LogP contribution in [-0.2, 0) is 4.74 Å². The molecule has 2 fully saturated rings. The number of aromatic nitrogens is 1. The summed E-state index contributed by atoms with van der Waals surface area (Å²) in [6.07, 6.45) is 3.33. The van der Waals surface area contributed by atoms with E-state index in [0.717, 1.165) is 24.5 Å². The Morgan fingerprint density at radius 2 is 2.05 bits per heavy atom. The molecule has 2 aliphatic rings. The number of hydrogen-bond acceptors (Lipinski definition) is 4. The zero-order valence-corrected chi connectivity index (χ0v) is 12.2. The van der Waals surface area contributed by atoms with Gasteiger partial charge >= 0.3 is 0 Å². The molecule has 0 radical (unpaired) electrons. The lowest BCUT2D eigenvalue weighted by Gasteiger charge is -2.23. The maximum atomic E-state index is 6.01. The standard InChI is InChI=1S/C16H16ClN3O/c17-11-3-6-15(19-8-11)20-12-4-1-10(2-5-12)16-14-7-13(21-16)9-18-14/h1-6,8,13-14,16,18H,7,9H2,(H,19,20). The Morgan fingerprint density at radius 1 is 1.19 bits per heavy atom. The van der Waals surface area contributed by atoms with Crippen LogP contribution >= 0.6 is 11.6 Å². The maximum Gasteiger partial charge on any atom is 0.130 e. The van der Waals surface area contributed by atoms with Crippen molar-refractivity contribution >= 4 is 23.1 Å². The largest absolute Gasteiger partial charge is 0.367 e. The zero-order valence-electron chi connectivity index (χ0n) is 11.4. The molecule has 0 aliphatic carbocycles. The minimum Gasteiger partial charge on any atom is -0.367 e. The predicted octanol–water partition coefficient (Wildman–Crippen LogP) is 3.28. The van der Waals surface area contributed by atoms with E-state index in [-0.39, 0.29) is 6.10 Å². The van der Waals surface area contributed by atoms with Gasteiger partial charge < -0.3 is 15.4 Å². The van der Waals surface area contributed by atoms with Gasteiger partial charge in [0.1, 0.15) is 5.82 Å². The van der Waals surface area contributed by atoms with Gasteiger partial charge in [-0.1, -0.05) is 23.7 Å². The molecule has 1 aromatic heterocycles. The number of nitrogens with one attached hydrogen (secondary N) is 2. The van der Waals surface area contributed by atoms with Crippen molar-refractivity contribution in [3.8, 4) is 0 Å². The molecule has 3 heterocycles. The van der Waals surface area contributed by atoms with E-state index in [4.69, 9.17) is 16.3 Å². The maximum absolute atomic E-state index is 6.01. The monoisotopic (exact) mass is 301 g/mol. The Bertz CT molecular complexity index is 629. The van der Waals surface area contributed by atoms with Crippen molar-refractivity contribution in [2.45, 2.75) is 24.7 Å². The lowest BCUT2D eigenvalue weighted by atomic mass is 10.0. The molecule has 0 saturated carbocycles. The van der Waals surface area contributed by atoms with Crippen LogP contribution in [0.3, 0.4) is 0 Å². The first-order valence-corrected chi connectivity index (χ1v) is 7.53. The summed E-state index contributed by atoms with van der Waals surface area (Å²) in [5.74, 6) is 0.782. The van der Waals surface area contributed by atoms with Crippen molar-refractivity contribution in [2.75, 3.05) is 11.9 Å². The van der Waals surface area contributed by atoms with E-state index in [1.54, 1.807) is 6.20 Å². The molecule has 108 valence electrons. The molecule has 2 saturated heterocycles. The normalized spacial score (nSPS) is 27.0. The summed E-state index contributed by atoms with van der Waals surface area (Å²) in [5, 5.41) is 7.39. The van der Waals surface area contributed by atoms with Crippen molar-refractivity contribution in [2.24, 2.45) is 0 Å². The number of hydrogen-bond donors (Lipinski definition) is 2. The van der Waals surface area contributed by atoms with Crippen molar-refractivity contribution < 1.29 is 4.74 Å². The van der Waals surface area contributed by atoms with Crippen molar-refractivity contribution in [1.82, 2.24) is 10.3 Å². The van der Waals surface area contributed by atoms with Gasteiger partial charge in [0.2, 0.25) is 0 Å². The van der Waals surface area contributed by atoms with Gasteiger partial charge in [0.05, 0.1) is 17.2 Å². The number of rotatable bonds is 3. The second-order valence-corrected chi connectivity index (χ2v) is 5.97. The molecule has 3 atom stereocenters. The third-order valence-corrected chi connectivity index (χ3v) is 4.29. The van der Waals surface area contributed by atoms with E-state index in [1.807, 2.05) is 12.1 Å². The molecule has 4 nitrogen and oxygen atoms in total. The minimum absolute atomic E-state index is 0.187. The molecule has 2 N–H and O–H groups in total. The molecule has 0 spiro atoms. The number of fused-ring (bicyclic) bond motifs is 2. The molecular weight excluding hydrogens is 286 g/mol. The predicted molar refractivity (Wildman–Crippen MR) is 83.0 cm³/mol. The van der Waals surface area contributed by atoms with Crippen LogP contribution in [0.5, 0.6) is 0 Å². The first-order chi connectivity index (χ1) is 10.3. The zero-order chi connectivity index (χ0) is 14.2. The average Bonchev–Trinajstić information content (AvgIpc) is 3.13. The van der Waals surface area contributed by atoms with Gasteiger partial charge in [0.25, 0.3) is 0 Å². The van der Waals surface area contributed by atoms with Crippen LogP contribution in [0.25, 0.3) is 0 Å². The topological polar surface area (TPSA) is 46.2 Å². The summed E-state index contributed by atoms with van der Waals surface area (Å²) in [7, 11) is 0. The van der Waals surface area contributed by atoms with Gasteiger partial charge in [-0.3, -0.25) is 0 Å². The third-order valence-electron chi connectivity index (χ3n) is 4.07. The lowest BCUT2D eigenvalue weighted by Crippen LogP contribution is -2.33. The summed E-state index contributed by atoms with van der Waals surface area (Å²) in [4.78, 5) is 4.23. The van der Waals surface area contributed by atoms with Gasteiger partial charge in [-0.25, -0.2) is 4.98 Å². The van der Waals surface area contributed by atoms with Crippen LogP contribution < -0.4 is 10.6 Å². The second-order valence-electron chi connectivity index (χ2n) is 5.54. The van der Waals surface area contributed by atoms with E-state index in [9.17, 15) is 0 Å². The number of morpholine rings is 1. The number of benzene rings is 1. The van der Waals surface area contributed by atoms with E-state index < -0.39 is 0 Å². The minimum atomic E-state index is 0.187. The van der Waals surface area contributed by atoms with Crippen molar-refractivity contribution in [3.05, 3.63) is 53.2 Å². The molecule has 5 heteroatoms. The number of halogens is 1. The third kappa shape index (κ3) is 2.62. The van der Waals surface area contributed by atoms with E-state index >= 15 is 0 Å². The first-order valence-electron chi connectivity index (χ1n) is 7.15. The van der Waals surface area contributed by atoms with Crippen LogP contribution in [0, 0.1) is 0 Å². The molecule has 3 unspecified atom stereocenters. The highest BCUT2D eigenvalue weighted by molar-refractivity contribution is 6.30. The van der Waals surface area contributed by atoms with Crippen LogP contribution in [0.2, 0.25) is 5.02 Å². The van der Waals surface area contributed by atoms with E-state index in [1.165, 1.54) is 5.56 Å². The molecule has 2 bridgehead atoms. The Labute approximate surface area is 128 Å². The average molecular weight is 302 g/mol. The fourth-order valence-corrected chi connectivity index (χ4v) is 3.15. The summed E-state index contributed by atoms with van der Waals surface area (Å²) in [6, 6.07) is 12.5. The van der Waals surface area contributed by atoms with Gasteiger partial charge in [0.15, 0.2) is 0 Å². The number of ether oxygens (including phenoxy) is 1. The van der Waals surface area contributed by atoms with Crippen LogP contribution in [0.1, 0.15) is 18.1 Å². The summed E-state index contributed by atoms with van der Waals surface area (Å²) >= 11 is 5.83. The molecule has 21 heavy (non-hydrogen) atoms. The Kier molecular flexibility index (Phi) is 3.30. The first kappa shape index (κ1) is 13.1. The van der Waals surface area contributed by atoms with E-state index in [2.05, 4.69) is 39.9 Å². The number of anilines is 2. The fourth-order valence-electron chi connectivity index (χ4n) is 3.03. The summed E-state index contributed by atoms with van der Waals surface area (Å²) in [5.41, 5.74) is 2.23. The van der Waals surface area contributed by atoms with Gasteiger partial charge in [-0.05, 0) is 36.2 Å². The molecule has 2 aliphatic heterocycles. The van der Waals surface area contributed by atoms with Crippen molar-refractivity contribution in [3.63, 3.8) is 0 Å². The quantitative estimate of drug-likeness (QED) is 0.913. The van der Waals surface area contributed by atoms with Crippen LogP contribution in [-0.4, -0.2) is 23.7 Å². The van der Waals surface area contributed by atoms with Crippen LogP contribution in [0.4, 0.5) is 11.5 Å². The Balaban J connectivity index is 1.47. The lowest BCUT2D eigenvalue weighted by molar-refractivity contribution is 0.0160. The molecule has 2 aromatic rings. The highest BCUT2D eigenvalue weighted by atomic mass is 35.5. The summed E-state index contributed by atoms with van der Waals surface area (Å²) < 4.78 is 6.01. The van der Waals surface area contributed by atoms with Gasteiger partial charge in [-0.15, -0.1) is 0 Å². The highest BCUT2D eigenvalue weighted by Crippen LogP contribution is 2.37. The SMILES string of the molecule is Clc1ccc(Nc2ccc(C3OC4CNC3C4)cc2)nc1. The number of nitrogens with zero attached hydrogens (tertiary/aromatic N) is 1. The van der Waals surface area contributed by atoms with Crippen LogP contribution in [0.15, 0.2) is 42.6 Å². The molecular formula is C16H16ClN3O. The Morgan fingerprint density at radius 3 is 2.67 bits per heavy atom. The fraction of sp³-hybridized carbons (Fsp3) is 0.312. The summed E-state index contributed by atoms with van der Waals surface area (Å²) in [6.45, 7) is 0.989. The molecule has 1 aromatic carbocycles. The van der Waals surface area contributed by atoms with E-state index in [0.29, 0.717) is 17.2 Å². The van der Waals surface area contributed by atoms with Gasteiger partial charge in [0, 0.05) is 24.5 Å². The van der Waals surface area contributed by atoms with Crippen molar-refractivity contribution in [1.29, 1.82) is 0 Å². The molecule has 0 amide bonds. The Hall–Kier alpha value is -1.62. The smallest absolute Gasteiger partial charge is 0.130 e. The molecule has 4 rings (SSSR count). The highest BCUT2D eigenvalue weighted by Gasteiger charge is 2.41.